The van der Waals surface area contributed by atoms with Crippen molar-refractivity contribution < 1.29 is 13.3 Å². The van der Waals surface area contributed by atoms with Crippen LogP contribution in [0.3, 0.4) is 0 Å². The fraction of sp³-hybridized carbons (Fsp3) is 0.0323. The quantitative estimate of drug-likeness (QED) is 0.168. The van der Waals surface area contributed by atoms with Gasteiger partial charge in [0.1, 0.15) is 33.5 Å². The van der Waals surface area contributed by atoms with Gasteiger partial charge in [-0.05, 0) is 152 Å². The minimum Gasteiger partial charge on any atom is -0.456 e. The van der Waals surface area contributed by atoms with Gasteiger partial charge >= 0.3 is 0 Å². The monoisotopic (exact) mass is 834 g/mol. The van der Waals surface area contributed by atoms with Gasteiger partial charge in [-0.1, -0.05) is 147 Å². The first-order chi connectivity index (χ1) is 32.1. The molecule has 0 aliphatic carbocycles. The highest BCUT2D eigenvalue weighted by Gasteiger charge is 2.14. The van der Waals surface area contributed by atoms with Gasteiger partial charge in [0.25, 0.3) is 0 Å². The minimum absolute atomic E-state index is 0.879. The van der Waals surface area contributed by atoms with E-state index in [-0.39, 0.29) is 0 Å². The summed E-state index contributed by atoms with van der Waals surface area (Å²) >= 11 is 0. The number of furan rings is 3. The molecule has 3 nitrogen and oxygen atoms in total. The predicted molar refractivity (Wildman–Crippen MR) is 272 cm³/mol. The van der Waals surface area contributed by atoms with E-state index in [0.717, 1.165) is 88.1 Å². The molecule has 0 saturated carbocycles. The molecule has 0 aliphatic heterocycles. The molecular formula is C62H42O3. The SMILES string of the molecule is CC.c1cc(-c2cccc(-c3cccc(-c4ccc5oc6ccc(-c7ccc8oc9ccccc9c8c7)cc6c5c4)c3)c2)cc(-c2cccc(-c3ccc4oc5ccccc5c4c3)c2)c1. The molecule has 0 fully saturated rings. The molecule has 0 unspecified atom stereocenters. The zero-order valence-electron chi connectivity index (χ0n) is 36.0. The van der Waals surface area contributed by atoms with Gasteiger partial charge in [-0.3, -0.25) is 0 Å². The number of rotatable bonds is 6. The van der Waals surface area contributed by atoms with Crippen LogP contribution in [0.25, 0.3) is 133 Å². The molecular weight excluding hydrogens is 793 g/mol. The van der Waals surface area contributed by atoms with Crippen LogP contribution in [0.5, 0.6) is 0 Å². The molecule has 3 aromatic heterocycles. The van der Waals surface area contributed by atoms with E-state index >= 15 is 0 Å². The normalized spacial score (nSPS) is 11.5. The average molecular weight is 835 g/mol. The third-order valence-corrected chi connectivity index (χ3v) is 12.7. The Morgan fingerprint density at radius 3 is 0.677 bits per heavy atom. The zero-order chi connectivity index (χ0) is 43.4. The highest BCUT2D eigenvalue weighted by atomic mass is 16.3. The van der Waals surface area contributed by atoms with Gasteiger partial charge in [0.05, 0.1) is 0 Å². The number of hydrogen-bond donors (Lipinski definition) is 0. The van der Waals surface area contributed by atoms with E-state index in [4.69, 9.17) is 13.3 Å². The van der Waals surface area contributed by atoms with E-state index in [9.17, 15) is 0 Å². The fourth-order valence-electron chi connectivity index (χ4n) is 9.46. The molecule has 13 aromatic rings. The lowest BCUT2D eigenvalue weighted by atomic mass is 9.93. The Labute approximate surface area is 376 Å². The molecule has 0 spiro atoms. The van der Waals surface area contributed by atoms with Crippen LogP contribution in [0, 0.1) is 0 Å². The number of benzene rings is 10. The molecule has 0 atom stereocenters. The number of hydrogen-bond acceptors (Lipinski definition) is 3. The van der Waals surface area contributed by atoms with E-state index in [0.29, 0.717) is 0 Å². The van der Waals surface area contributed by atoms with Gasteiger partial charge < -0.3 is 13.3 Å². The maximum Gasteiger partial charge on any atom is 0.135 e. The van der Waals surface area contributed by atoms with Crippen LogP contribution in [-0.2, 0) is 0 Å². The first-order valence-electron chi connectivity index (χ1n) is 22.4. The molecule has 3 heteroatoms. The van der Waals surface area contributed by atoms with Crippen molar-refractivity contribution in [2.45, 2.75) is 13.8 Å². The number of para-hydroxylation sites is 2. The second-order valence-corrected chi connectivity index (χ2v) is 16.5. The van der Waals surface area contributed by atoms with Crippen molar-refractivity contribution in [2.75, 3.05) is 0 Å². The summed E-state index contributed by atoms with van der Waals surface area (Å²) < 4.78 is 18.6. The maximum atomic E-state index is 6.37. The fourth-order valence-corrected chi connectivity index (χ4v) is 9.46. The number of fused-ring (bicyclic) bond motifs is 9. The third-order valence-electron chi connectivity index (χ3n) is 12.7. The third kappa shape index (κ3) is 6.77. The standard InChI is InChI=1S/C60H36O3.C2H6/c1-3-19-55-49(17-1)51-33-45(21-25-57(51)61-55)43-15-7-13-41(31-43)39-11-5-9-37(29-39)38-10-6-12-40(30-38)42-14-8-16-44(32-42)46-22-27-59-53(35-46)54-36-48(24-28-60(54)63-59)47-23-26-58-52(34-47)50-18-2-4-20-56(50)62-58;1-2/h1-36H;1-2H3. The summed E-state index contributed by atoms with van der Waals surface area (Å²) in [6.07, 6.45) is 0. The Kier molecular flexibility index (Phi) is 9.28. The van der Waals surface area contributed by atoms with Crippen LogP contribution in [0.15, 0.2) is 232 Å². The first-order valence-corrected chi connectivity index (χ1v) is 22.4. The van der Waals surface area contributed by atoms with Gasteiger partial charge in [0, 0.05) is 32.3 Å². The second kappa shape index (κ2) is 15.7. The van der Waals surface area contributed by atoms with Crippen molar-refractivity contribution in [1.82, 2.24) is 0 Å². The molecule has 0 bridgehead atoms. The summed E-state index contributed by atoms with van der Waals surface area (Å²) in [5, 5.41) is 6.73. The smallest absolute Gasteiger partial charge is 0.135 e. The lowest BCUT2D eigenvalue weighted by Gasteiger charge is -2.11. The lowest BCUT2D eigenvalue weighted by molar-refractivity contribution is 0.668. The molecule has 0 radical (unpaired) electrons. The lowest BCUT2D eigenvalue weighted by Crippen LogP contribution is -1.85. The summed E-state index contributed by atoms with van der Waals surface area (Å²) in [5.41, 5.74) is 19.4. The topological polar surface area (TPSA) is 39.4 Å². The van der Waals surface area contributed by atoms with Crippen molar-refractivity contribution in [3.8, 4) is 66.8 Å². The van der Waals surface area contributed by atoms with Gasteiger partial charge in [-0.25, -0.2) is 0 Å². The molecule has 0 saturated heterocycles. The van der Waals surface area contributed by atoms with Crippen LogP contribution in [0.1, 0.15) is 13.8 Å². The Hall–Kier alpha value is -8.40. The Balaban J connectivity index is 0.00000219. The maximum absolute atomic E-state index is 6.37. The molecule has 13 rings (SSSR count). The summed E-state index contributed by atoms with van der Waals surface area (Å²) in [5.74, 6) is 0. The zero-order valence-corrected chi connectivity index (χ0v) is 36.0. The first kappa shape index (κ1) is 38.3. The highest BCUT2D eigenvalue weighted by molar-refractivity contribution is 6.10. The second-order valence-electron chi connectivity index (χ2n) is 16.5. The van der Waals surface area contributed by atoms with Crippen molar-refractivity contribution >= 4 is 65.8 Å². The van der Waals surface area contributed by atoms with Gasteiger partial charge in [0.2, 0.25) is 0 Å². The average Bonchev–Trinajstić information content (AvgIpc) is 4.07. The van der Waals surface area contributed by atoms with Gasteiger partial charge in [0.15, 0.2) is 0 Å². The summed E-state index contributed by atoms with van der Waals surface area (Å²) in [4.78, 5) is 0. The van der Waals surface area contributed by atoms with Crippen molar-refractivity contribution in [2.24, 2.45) is 0 Å². The molecule has 0 amide bonds. The largest absolute Gasteiger partial charge is 0.456 e. The van der Waals surface area contributed by atoms with Gasteiger partial charge in [-0.2, -0.15) is 0 Å². The van der Waals surface area contributed by atoms with Crippen LogP contribution >= 0.6 is 0 Å². The van der Waals surface area contributed by atoms with Crippen LogP contribution in [0.4, 0.5) is 0 Å². The minimum atomic E-state index is 0.879. The van der Waals surface area contributed by atoms with Crippen LogP contribution in [-0.4, -0.2) is 0 Å². The Bertz CT molecular complexity index is 3930. The highest BCUT2D eigenvalue weighted by Crippen LogP contribution is 2.39. The molecule has 10 aromatic carbocycles. The van der Waals surface area contributed by atoms with E-state index in [1.807, 2.05) is 38.1 Å². The van der Waals surface area contributed by atoms with Crippen molar-refractivity contribution in [3.05, 3.63) is 218 Å². The van der Waals surface area contributed by atoms with E-state index < -0.39 is 0 Å². The molecule has 0 N–H and O–H groups in total. The van der Waals surface area contributed by atoms with E-state index in [1.165, 1.54) is 44.5 Å². The summed E-state index contributed by atoms with van der Waals surface area (Å²) in [7, 11) is 0. The molecule has 65 heavy (non-hydrogen) atoms. The van der Waals surface area contributed by atoms with Crippen LogP contribution < -0.4 is 0 Å². The summed E-state index contributed by atoms with van der Waals surface area (Å²) in [6, 6.07) is 77.8. The van der Waals surface area contributed by atoms with Crippen molar-refractivity contribution in [3.63, 3.8) is 0 Å². The molecule has 308 valence electrons. The Morgan fingerprint density at radius 1 is 0.185 bits per heavy atom. The van der Waals surface area contributed by atoms with Crippen LogP contribution in [0.2, 0.25) is 0 Å². The van der Waals surface area contributed by atoms with Gasteiger partial charge in [-0.15, -0.1) is 0 Å². The molecule has 3 heterocycles. The summed E-state index contributed by atoms with van der Waals surface area (Å²) in [6.45, 7) is 4.00. The predicted octanol–water partition coefficient (Wildman–Crippen LogP) is 18.4. The van der Waals surface area contributed by atoms with E-state index in [1.54, 1.807) is 0 Å². The van der Waals surface area contributed by atoms with Crippen molar-refractivity contribution in [1.29, 1.82) is 0 Å². The van der Waals surface area contributed by atoms with E-state index in [2.05, 4.69) is 194 Å². The Morgan fingerprint density at radius 2 is 0.400 bits per heavy atom. The molecule has 0 aliphatic rings.